The lowest BCUT2D eigenvalue weighted by molar-refractivity contribution is 0.0139. The van der Waals surface area contributed by atoms with Crippen LogP contribution in [0.3, 0.4) is 0 Å². The van der Waals surface area contributed by atoms with Crippen molar-refractivity contribution < 1.29 is 9.47 Å². The van der Waals surface area contributed by atoms with Crippen molar-refractivity contribution in [2.75, 3.05) is 40.0 Å². The molecule has 0 amide bonds. The van der Waals surface area contributed by atoms with E-state index in [9.17, 15) is 0 Å². The van der Waals surface area contributed by atoms with Crippen molar-refractivity contribution in [3.63, 3.8) is 0 Å². The quantitative estimate of drug-likeness (QED) is 0.766. The van der Waals surface area contributed by atoms with Gasteiger partial charge in [0.05, 0.1) is 17.8 Å². The molecule has 0 spiro atoms. The highest BCUT2D eigenvalue weighted by atomic mass is 32.1. The van der Waals surface area contributed by atoms with Gasteiger partial charge in [0.15, 0.2) is 0 Å². The first-order valence-corrected chi connectivity index (χ1v) is 7.43. The van der Waals surface area contributed by atoms with E-state index in [4.69, 9.17) is 9.47 Å². The fourth-order valence-corrected chi connectivity index (χ4v) is 3.02. The summed E-state index contributed by atoms with van der Waals surface area (Å²) in [6.45, 7) is 4.45. The summed E-state index contributed by atoms with van der Waals surface area (Å²) in [4.78, 5) is 4.43. The van der Waals surface area contributed by atoms with Crippen molar-refractivity contribution in [2.24, 2.45) is 5.41 Å². The van der Waals surface area contributed by atoms with Gasteiger partial charge in [-0.3, -0.25) is 0 Å². The van der Waals surface area contributed by atoms with Crippen molar-refractivity contribution in [3.8, 4) is 0 Å². The molecule has 1 N–H and O–H groups in total. The van der Waals surface area contributed by atoms with Crippen LogP contribution in [0.2, 0.25) is 0 Å². The Morgan fingerprint density at radius 1 is 1.50 bits per heavy atom. The van der Waals surface area contributed by atoms with Gasteiger partial charge < -0.3 is 14.8 Å². The number of ether oxygens (including phenoxy) is 2. The van der Waals surface area contributed by atoms with E-state index in [-0.39, 0.29) is 0 Å². The Labute approximate surface area is 113 Å². The minimum Gasteiger partial charge on any atom is -0.383 e. The van der Waals surface area contributed by atoms with Gasteiger partial charge in [-0.2, -0.15) is 0 Å². The molecule has 5 heteroatoms. The summed E-state index contributed by atoms with van der Waals surface area (Å²) in [5.41, 5.74) is 3.44. The van der Waals surface area contributed by atoms with Crippen LogP contribution in [0.5, 0.6) is 0 Å². The predicted molar refractivity (Wildman–Crippen MR) is 73.0 cm³/mol. The molecule has 102 valence electrons. The van der Waals surface area contributed by atoms with Crippen LogP contribution >= 0.6 is 11.3 Å². The van der Waals surface area contributed by atoms with E-state index in [1.54, 1.807) is 18.4 Å². The van der Waals surface area contributed by atoms with Crippen LogP contribution < -0.4 is 5.32 Å². The maximum absolute atomic E-state index is 5.50. The van der Waals surface area contributed by atoms with Crippen LogP contribution in [0.25, 0.3) is 0 Å². The molecule has 2 rings (SSSR count). The first kappa shape index (κ1) is 13.9. The monoisotopic (exact) mass is 270 g/mol. The third-order valence-electron chi connectivity index (χ3n) is 3.58. The van der Waals surface area contributed by atoms with Gasteiger partial charge in [0, 0.05) is 38.8 Å². The van der Waals surface area contributed by atoms with Crippen molar-refractivity contribution in [1.82, 2.24) is 10.3 Å². The number of nitrogens with zero attached hydrogens (tertiary/aromatic N) is 1. The van der Waals surface area contributed by atoms with Crippen LogP contribution in [-0.2, 0) is 15.9 Å². The van der Waals surface area contributed by atoms with Crippen molar-refractivity contribution in [2.45, 2.75) is 19.3 Å². The third-order valence-corrected chi connectivity index (χ3v) is 4.21. The normalized spacial score (nSPS) is 18.9. The zero-order valence-corrected chi connectivity index (χ0v) is 11.8. The Morgan fingerprint density at radius 3 is 3.00 bits per heavy atom. The average molecular weight is 270 g/mol. The molecule has 1 aromatic heterocycles. The summed E-state index contributed by atoms with van der Waals surface area (Å²) in [7, 11) is 1.74. The molecular weight excluding hydrogens is 248 g/mol. The minimum absolute atomic E-state index is 0.306. The lowest BCUT2D eigenvalue weighted by Gasteiger charge is -2.37. The van der Waals surface area contributed by atoms with E-state index in [1.807, 2.05) is 5.51 Å². The molecule has 18 heavy (non-hydrogen) atoms. The molecule has 0 radical (unpaired) electrons. The van der Waals surface area contributed by atoms with E-state index in [2.05, 4.69) is 15.7 Å². The van der Waals surface area contributed by atoms with Gasteiger partial charge in [-0.05, 0) is 24.7 Å². The standard InChI is InChI=1S/C13H22N2O2S/c1-16-7-4-14-10-13(2-5-17-6-3-13)8-12-9-18-11-15-12/h9,11,14H,2-8,10H2,1H3. The molecule has 0 bridgehead atoms. The van der Waals surface area contributed by atoms with Crippen molar-refractivity contribution in [1.29, 1.82) is 0 Å². The largest absolute Gasteiger partial charge is 0.383 e. The topological polar surface area (TPSA) is 43.4 Å². The average Bonchev–Trinajstić information content (AvgIpc) is 2.89. The zero-order valence-electron chi connectivity index (χ0n) is 11.0. The highest BCUT2D eigenvalue weighted by Crippen LogP contribution is 2.33. The summed E-state index contributed by atoms with van der Waals surface area (Å²) < 4.78 is 10.6. The Hall–Kier alpha value is -0.490. The smallest absolute Gasteiger partial charge is 0.0794 e. The fraction of sp³-hybridized carbons (Fsp3) is 0.769. The summed E-state index contributed by atoms with van der Waals surface area (Å²) in [6, 6.07) is 0. The maximum Gasteiger partial charge on any atom is 0.0794 e. The molecule has 0 aromatic carbocycles. The molecule has 2 heterocycles. The lowest BCUT2D eigenvalue weighted by atomic mass is 9.76. The molecular formula is C13H22N2O2S. The number of aromatic nitrogens is 1. The Bertz CT molecular complexity index is 324. The van der Waals surface area contributed by atoms with Crippen LogP contribution in [0.4, 0.5) is 0 Å². The Balaban J connectivity index is 1.89. The maximum atomic E-state index is 5.50. The number of hydrogen-bond donors (Lipinski definition) is 1. The molecule has 0 atom stereocenters. The van der Waals surface area contributed by atoms with Crippen LogP contribution in [0, 0.1) is 5.41 Å². The second kappa shape index (κ2) is 7.19. The van der Waals surface area contributed by atoms with Gasteiger partial charge in [0.1, 0.15) is 0 Å². The minimum atomic E-state index is 0.306. The first-order valence-electron chi connectivity index (χ1n) is 6.49. The first-order chi connectivity index (χ1) is 8.85. The SMILES string of the molecule is COCCNCC1(Cc2cscn2)CCOCC1. The number of thiazole rings is 1. The predicted octanol–water partition coefficient (Wildman–Crippen LogP) is 1.72. The van der Waals surface area contributed by atoms with Crippen molar-refractivity contribution >= 4 is 11.3 Å². The van der Waals surface area contributed by atoms with Gasteiger partial charge >= 0.3 is 0 Å². The second-order valence-electron chi connectivity index (χ2n) is 4.94. The number of methoxy groups -OCH3 is 1. The number of rotatable bonds is 7. The molecule has 1 aromatic rings. The van der Waals surface area contributed by atoms with Crippen LogP contribution in [0.15, 0.2) is 10.9 Å². The molecule has 1 aliphatic rings. The molecule has 1 aliphatic heterocycles. The van der Waals surface area contributed by atoms with Crippen LogP contribution in [-0.4, -0.2) is 45.0 Å². The van der Waals surface area contributed by atoms with Gasteiger partial charge in [-0.1, -0.05) is 0 Å². The zero-order chi connectivity index (χ0) is 12.7. The third kappa shape index (κ3) is 4.02. The molecule has 1 saturated heterocycles. The molecule has 4 nitrogen and oxygen atoms in total. The highest BCUT2D eigenvalue weighted by molar-refractivity contribution is 7.07. The van der Waals surface area contributed by atoms with E-state index in [0.717, 1.165) is 52.2 Å². The summed E-state index contributed by atoms with van der Waals surface area (Å²) in [5.74, 6) is 0. The van der Waals surface area contributed by atoms with Gasteiger partial charge in [0.25, 0.3) is 0 Å². The molecule has 0 unspecified atom stereocenters. The van der Waals surface area contributed by atoms with Crippen LogP contribution in [0.1, 0.15) is 18.5 Å². The Kier molecular flexibility index (Phi) is 5.56. The van der Waals surface area contributed by atoms with Gasteiger partial charge in [0.2, 0.25) is 0 Å². The van der Waals surface area contributed by atoms with E-state index in [0.29, 0.717) is 5.41 Å². The highest BCUT2D eigenvalue weighted by Gasteiger charge is 2.32. The van der Waals surface area contributed by atoms with Gasteiger partial charge in [-0.25, -0.2) is 4.98 Å². The van der Waals surface area contributed by atoms with E-state index >= 15 is 0 Å². The van der Waals surface area contributed by atoms with Gasteiger partial charge in [-0.15, -0.1) is 11.3 Å². The number of nitrogens with one attached hydrogen (secondary N) is 1. The summed E-state index contributed by atoms with van der Waals surface area (Å²) in [5, 5.41) is 5.66. The van der Waals surface area contributed by atoms with E-state index in [1.165, 1.54) is 5.69 Å². The fourth-order valence-electron chi connectivity index (χ4n) is 2.46. The number of hydrogen-bond acceptors (Lipinski definition) is 5. The summed E-state index contributed by atoms with van der Waals surface area (Å²) in [6.07, 6.45) is 3.29. The molecule has 0 saturated carbocycles. The molecule has 0 aliphatic carbocycles. The lowest BCUT2D eigenvalue weighted by Crippen LogP contribution is -2.41. The molecule has 1 fully saturated rings. The van der Waals surface area contributed by atoms with Crippen molar-refractivity contribution in [3.05, 3.63) is 16.6 Å². The second-order valence-corrected chi connectivity index (χ2v) is 5.66. The van der Waals surface area contributed by atoms with E-state index < -0.39 is 0 Å². The summed E-state index contributed by atoms with van der Waals surface area (Å²) >= 11 is 1.68. The Morgan fingerprint density at radius 2 is 2.33 bits per heavy atom.